The number of ether oxygens (including phenoxy) is 1. The summed E-state index contributed by atoms with van der Waals surface area (Å²) in [6, 6.07) is -0.916. The molecular weight excluding hydrogens is 1070 g/mol. The highest BCUT2D eigenvalue weighted by molar-refractivity contribution is 7.45. The smallest absolute Gasteiger partial charge is 0.306 e. The first-order valence-corrected chi connectivity index (χ1v) is 36.3. The number of hydrogen-bond acceptors (Lipinski definition) is 7. The lowest BCUT2D eigenvalue weighted by molar-refractivity contribution is -0.870. The Morgan fingerprint density at radius 3 is 1.16 bits per heavy atom. The lowest BCUT2D eigenvalue weighted by Crippen LogP contribution is -2.47. The van der Waals surface area contributed by atoms with Crippen LogP contribution in [0.15, 0.2) is 122 Å². The van der Waals surface area contributed by atoms with Gasteiger partial charge in [0.15, 0.2) is 0 Å². The van der Waals surface area contributed by atoms with Gasteiger partial charge in [-0.05, 0) is 122 Å². The van der Waals surface area contributed by atoms with Gasteiger partial charge < -0.3 is 28.5 Å². The van der Waals surface area contributed by atoms with Gasteiger partial charge >= 0.3 is 5.97 Å². The van der Waals surface area contributed by atoms with Gasteiger partial charge in [0.05, 0.1) is 33.8 Å². The maximum absolute atomic E-state index is 13.6. The summed E-state index contributed by atoms with van der Waals surface area (Å²) in [6.07, 6.45) is 88.9. The molecule has 0 spiro atoms. The van der Waals surface area contributed by atoms with Crippen molar-refractivity contribution in [2.24, 2.45) is 0 Å². The number of allylic oxidation sites excluding steroid dienone is 19. The number of unbranched alkanes of at least 4 members (excludes halogenated alkanes) is 28. The van der Waals surface area contributed by atoms with E-state index in [0.29, 0.717) is 17.4 Å². The predicted molar refractivity (Wildman–Crippen MR) is 367 cm³/mol. The molecule has 488 valence electrons. The summed E-state index contributed by atoms with van der Waals surface area (Å²) in [4.78, 5) is 40.2. The SMILES string of the molecule is CC/C=C\C/C=C\C/C=C\C/C=C\C/C=C\CCCCCC(=O)NC(COP(=O)([O-])OCC[N+](C)(C)C)C(/C=C\CCCCCCCCCCCCC)OC(=O)CCCCCCCCCCCCC/C=C\C/C=C\C/C=C\C/C=C\CCCCC. The second-order valence-electron chi connectivity index (χ2n) is 24.3. The first kappa shape index (κ1) is 81.4. The third-order valence-corrected chi connectivity index (χ3v) is 15.8. The Kier molecular flexibility index (Phi) is 60.8. The third-order valence-electron chi connectivity index (χ3n) is 14.9. The number of quaternary nitrogens is 1. The number of phosphoric acid groups is 1. The summed E-state index contributed by atoms with van der Waals surface area (Å²) < 4.78 is 30.4. The number of amides is 1. The third kappa shape index (κ3) is 64.7. The summed E-state index contributed by atoms with van der Waals surface area (Å²) in [5, 5.41) is 3.02. The minimum Gasteiger partial charge on any atom is -0.756 e. The Balaban J connectivity index is 5.17. The standard InChI is InChI=1S/C75H131N2O7P/c1-7-10-13-16-19-22-25-28-30-32-34-35-36-37-38-39-40-41-43-45-47-50-53-56-59-62-65-68-75(79)84-73(66-63-60-57-54-51-48-27-24-21-18-15-12-9-3)72(71-83-85(80,81)82-70-69-77(4,5)6)76-74(78)67-64-61-58-55-52-49-46-44-42-33-31-29-26-23-20-17-14-11-8-2/h11,14,19-20,22-23,28-31,34-35,37-38,42,44,49,52,63,66,72-73H,7-10,12-13,15-18,21,24-27,32-33,36,39-41,43,45-48,50-51,53-62,64-65,67-71H2,1-6H3,(H-,76,78,80,81)/b14-11-,22-19-,23-20-,30-28-,31-29-,35-34-,38-37-,44-42-,52-49-,66-63-. The first-order valence-electron chi connectivity index (χ1n) is 34.8. The van der Waals surface area contributed by atoms with Gasteiger partial charge in [-0.15, -0.1) is 0 Å². The minimum absolute atomic E-state index is 0.0352. The summed E-state index contributed by atoms with van der Waals surface area (Å²) in [7, 11) is 1.15. The van der Waals surface area contributed by atoms with Crippen molar-refractivity contribution >= 4 is 19.7 Å². The maximum atomic E-state index is 13.6. The molecule has 0 aliphatic carbocycles. The number of nitrogens with zero attached hydrogens (tertiary/aromatic N) is 1. The molecule has 0 heterocycles. The van der Waals surface area contributed by atoms with Crippen LogP contribution in [0.1, 0.15) is 290 Å². The molecule has 0 radical (unpaired) electrons. The van der Waals surface area contributed by atoms with Gasteiger partial charge in [-0.1, -0.05) is 277 Å². The Labute approximate surface area is 524 Å². The van der Waals surface area contributed by atoms with Crippen molar-refractivity contribution in [3.05, 3.63) is 122 Å². The quantitative estimate of drug-likeness (QED) is 0.0212. The van der Waals surface area contributed by atoms with Gasteiger partial charge in [0.1, 0.15) is 19.3 Å². The average molecular weight is 1200 g/mol. The summed E-state index contributed by atoms with van der Waals surface area (Å²) in [5.74, 6) is -0.584. The number of hydrogen-bond donors (Lipinski definition) is 1. The van der Waals surface area contributed by atoms with E-state index < -0.39 is 26.6 Å². The van der Waals surface area contributed by atoms with Crippen LogP contribution in [0.4, 0.5) is 0 Å². The van der Waals surface area contributed by atoms with Crippen molar-refractivity contribution in [3.8, 4) is 0 Å². The molecule has 85 heavy (non-hydrogen) atoms. The van der Waals surface area contributed by atoms with E-state index in [0.717, 1.165) is 116 Å². The summed E-state index contributed by atoms with van der Waals surface area (Å²) >= 11 is 0. The molecule has 0 bridgehead atoms. The molecule has 0 saturated carbocycles. The van der Waals surface area contributed by atoms with Crippen molar-refractivity contribution in [2.45, 2.75) is 303 Å². The maximum Gasteiger partial charge on any atom is 0.306 e. The highest BCUT2D eigenvalue weighted by Crippen LogP contribution is 2.38. The molecule has 0 saturated heterocycles. The number of carbonyl (C=O) groups excluding carboxylic acids is 2. The minimum atomic E-state index is -4.72. The van der Waals surface area contributed by atoms with Crippen LogP contribution in [0.5, 0.6) is 0 Å². The van der Waals surface area contributed by atoms with Gasteiger partial charge in [0.25, 0.3) is 7.82 Å². The summed E-state index contributed by atoms with van der Waals surface area (Å²) in [6.45, 7) is 6.68. The molecule has 0 aliphatic rings. The van der Waals surface area contributed by atoms with E-state index in [4.69, 9.17) is 13.8 Å². The number of rotatable bonds is 62. The van der Waals surface area contributed by atoms with Crippen LogP contribution in [0.2, 0.25) is 0 Å². The molecule has 0 aromatic heterocycles. The molecular formula is C75H131N2O7P. The van der Waals surface area contributed by atoms with Crippen LogP contribution in [-0.2, 0) is 27.9 Å². The van der Waals surface area contributed by atoms with Gasteiger partial charge in [-0.3, -0.25) is 14.2 Å². The Morgan fingerprint density at radius 1 is 0.424 bits per heavy atom. The monoisotopic (exact) mass is 1200 g/mol. The topological polar surface area (TPSA) is 114 Å². The molecule has 0 rings (SSSR count). The van der Waals surface area contributed by atoms with Gasteiger partial charge in [0, 0.05) is 12.8 Å². The molecule has 9 nitrogen and oxygen atoms in total. The number of phosphoric ester groups is 1. The molecule has 1 amide bonds. The molecule has 3 atom stereocenters. The van der Waals surface area contributed by atoms with Gasteiger partial charge in [-0.2, -0.15) is 0 Å². The van der Waals surface area contributed by atoms with Crippen LogP contribution in [0.25, 0.3) is 0 Å². The van der Waals surface area contributed by atoms with Crippen LogP contribution in [0.3, 0.4) is 0 Å². The Hall–Kier alpha value is -3.59. The second-order valence-corrected chi connectivity index (χ2v) is 25.7. The molecule has 0 aliphatic heterocycles. The molecule has 3 unspecified atom stereocenters. The number of esters is 1. The van der Waals surface area contributed by atoms with E-state index in [1.54, 1.807) is 0 Å². The zero-order valence-corrected chi connectivity index (χ0v) is 56.7. The number of likely N-dealkylation sites (N-methyl/N-ethyl adjacent to an activating group) is 1. The zero-order valence-electron chi connectivity index (χ0n) is 55.8. The fraction of sp³-hybridized carbons (Fsp3) is 0.707. The Morgan fingerprint density at radius 2 is 0.753 bits per heavy atom. The number of carbonyl (C=O) groups is 2. The highest BCUT2D eigenvalue weighted by Gasteiger charge is 2.27. The van der Waals surface area contributed by atoms with Crippen molar-refractivity contribution in [1.82, 2.24) is 5.32 Å². The van der Waals surface area contributed by atoms with E-state index in [-0.39, 0.29) is 31.3 Å². The predicted octanol–water partition coefficient (Wildman–Crippen LogP) is 21.6. The van der Waals surface area contributed by atoms with E-state index in [9.17, 15) is 19.0 Å². The lowest BCUT2D eigenvalue weighted by atomic mass is 10.0. The van der Waals surface area contributed by atoms with E-state index >= 15 is 0 Å². The van der Waals surface area contributed by atoms with Gasteiger partial charge in [0.2, 0.25) is 5.91 Å². The molecule has 0 aromatic carbocycles. The van der Waals surface area contributed by atoms with E-state index in [1.807, 2.05) is 33.3 Å². The fourth-order valence-electron chi connectivity index (χ4n) is 9.53. The average Bonchev–Trinajstić information content (AvgIpc) is 3.50. The van der Waals surface area contributed by atoms with Crippen LogP contribution in [-0.4, -0.2) is 69.4 Å². The van der Waals surface area contributed by atoms with Crippen LogP contribution < -0.4 is 10.2 Å². The van der Waals surface area contributed by atoms with E-state index in [2.05, 4.69) is 135 Å². The summed E-state index contributed by atoms with van der Waals surface area (Å²) in [5.41, 5.74) is 0. The molecule has 0 fully saturated rings. The first-order chi connectivity index (χ1) is 41.4. The molecule has 1 N–H and O–H groups in total. The second kappa shape index (κ2) is 63.4. The lowest BCUT2D eigenvalue weighted by Gasteiger charge is -2.30. The van der Waals surface area contributed by atoms with Crippen molar-refractivity contribution < 1.29 is 37.3 Å². The fourth-order valence-corrected chi connectivity index (χ4v) is 10.3. The van der Waals surface area contributed by atoms with Crippen LogP contribution in [0, 0.1) is 0 Å². The normalized spacial score (nSPS) is 14.3. The molecule has 0 aromatic rings. The Bertz CT molecular complexity index is 1870. The zero-order chi connectivity index (χ0) is 62.1. The largest absolute Gasteiger partial charge is 0.756 e. The van der Waals surface area contributed by atoms with Crippen LogP contribution >= 0.6 is 7.82 Å². The van der Waals surface area contributed by atoms with Crippen molar-refractivity contribution in [1.29, 1.82) is 0 Å². The van der Waals surface area contributed by atoms with Crippen molar-refractivity contribution in [3.63, 3.8) is 0 Å². The van der Waals surface area contributed by atoms with Crippen molar-refractivity contribution in [2.75, 3.05) is 40.9 Å². The number of nitrogens with one attached hydrogen (secondary N) is 1. The molecule has 10 heteroatoms. The van der Waals surface area contributed by atoms with E-state index in [1.165, 1.54) is 135 Å². The van der Waals surface area contributed by atoms with Gasteiger partial charge in [-0.25, -0.2) is 0 Å². The highest BCUT2D eigenvalue weighted by atomic mass is 31.2.